The van der Waals surface area contributed by atoms with Crippen LogP contribution in [0.25, 0.3) is 119 Å². The van der Waals surface area contributed by atoms with Gasteiger partial charge < -0.3 is 18.6 Å². The average Bonchev–Trinajstić information content (AvgIpc) is 1.52. The zero-order chi connectivity index (χ0) is 58.1. The van der Waals surface area contributed by atoms with Crippen molar-refractivity contribution in [2.45, 2.75) is 66.2 Å². The quantitative estimate of drug-likeness (QED) is 0.151. The third-order valence-corrected chi connectivity index (χ3v) is 20.2. The molecule has 414 valence electrons. The molecular formula is C80H62N4S2. The number of anilines is 6. The highest BCUT2D eigenvalue weighted by Gasteiger charge is 2.33. The highest BCUT2D eigenvalue weighted by Crippen LogP contribution is 2.55. The van der Waals surface area contributed by atoms with Crippen LogP contribution in [-0.4, -0.2) is 8.80 Å². The van der Waals surface area contributed by atoms with Crippen LogP contribution >= 0.6 is 22.7 Å². The van der Waals surface area contributed by atoms with E-state index >= 15 is 0 Å². The van der Waals surface area contributed by atoms with E-state index in [-0.39, 0.29) is 10.8 Å². The van der Waals surface area contributed by atoms with E-state index in [4.69, 9.17) is 0 Å². The number of hydrogen-bond acceptors (Lipinski definition) is 4. The molecule has 0 N–H and O–H groups in total. The van der Waals surface area contributed by atoms with E-state index < -0.39 is 0 Å². The molecule has 6 heterocycles. The van der Waals surface area contributed by atoms with E-state index in [0.29, 0.717) is 0 Å². The number of benzene rings is 11. The lowest BCUT2D eigenvalue weighted by atomic mass is 9.85. The fourth-order valence-electron chi connectivity index (χ4n) is 14.5. The lowest BCUT2D eigenvalue weighted by molar-refractivity contribution is 0.594. The molecule has 0 saturated carbocycles. The van der Waals surface area contributed by atoms with Gasteiger partial charge in [0, 0.05) is 75.0 Å². The lowest BCUT2D eigenvalue weighted by Crippen LogP contribution is -2.12. The molecule has 0 spiro atoms. The number of aromatic nitrogens is 2. The van der Waals surface area contributed by atoms with E-state index in [1.807, 2.05) is 22.7 Å². The molecule has 17 rings (SSSR count). The largest absolute Gasteiger partial charge is 0.309 e. The number of aryl methyl sites for hydroxylation is 2. The van der Waals surface area contributed by atoms with Crippen LogP contribution in [0.5, 0.6) is 0 Å². The van der Waals surface area contributed by atoms with E-state index in [1.54, 1.807) is 0 Å². The standard InChI is InChI=1S/C80H62N4S2/c1-47-25-29-53(30-26-47)81(69-45-71-51(37-39-85-71)41-59(69)49-17-11-9-12-18-49)65-35-33-55-61-43-68-62(44-67(61)83-75-57(73(65)77(55)83)21-15-23-63(75)79(3,4)5)56-34-36-66(74-58-22-16-24-64(80(6,7)8)76(58)84(68)78(56)74)82(54-31-27-48(2)28-32-54)70-46-72-52(38-40-86-72)42-60(70)50-19-13-10-14-20-50/h9-46H,1-8H3. The Bertz CT molecular complexity index is 5200. The summed E-state index contributed by atoms with van der Waals surface area (Å²) in [6.07, 6.45) is 0. The van der Waals surface area contributed by atoms with Crippen molar-refractivity contribution in [2.75, 3.05) is 9.80 Å². The third kappa shape index (κ3) is 7.45. The predicted molar refractivity (Wildman–Crippen MR) is 374 cm³/mol. The Balaban J connectivity index is 0.999. The Morgan fingerprint density at radius 1 is 0.337 bits per heavy atom. The highest BCUT2D eigenvalue weighted by molar-refractivity contribution is 7.17. The van der Waals surface area contributed by atoms with E-state index in [2.05, 4.69) is 303 Å². The molecule has 0 aliphatic heterocycles. The van der Waals surface area contributed by atoms with E-state index in [0.717, 1.165) is 34.1 Å². The molecule has 4 nitrogen and oxygen atoms in total. The molecule has 0 aliphatic carbocycles. The van der Waals surface area contributed by atoms with Gasteiger partial charge in [-0.2, -0.15) is 0 Å². The first-order chi connectivity index (χ1) is 41.8. The number of rotatable bonds is 8. The van der Waals surface area contributed by atoms with Gasteiger partial charge >= 0.3 is 0 Å². The summed E-state index contributed by atoms with van der Waals surface area (Å²) in [5.41, 5.74) is 24.0. The summed E-state index contributed by atoms with van der Waals surface area (Å²) in [4.78, 5) is 5.12. The smallest absolute Gasteiger partial charge is 0.0641 e. The fourth-order valence-corrected chi connectivity index (χ4v) is 16.1. The van der Waals surface area contributed by atoms with Gasteiger partial charge in [0.05, 0.1) is 55.8 Å². The molecule has 0 aliphatic rings. The normalized spacial score (nSPS) is 12.7. The molecule has 0 atom stereocenters. The predicted octanol–water partition coefficient (Wildman–Crippen LogP) is 23.9. The minimum absolute atomic E-state index is 0.158. The molecule has 17 aromatic rings. The summed E-state index contributed by atoms with van der Waals surface area (Å²) in [5.74, 6) is 0. The topological polar surface area (TPSA) is 15.3 Å². The monoisotopic (exact) mass is 1140 g/mol. The molecule has 86 heavy (non-hydrogen) atoms. The number of hydrogen-bond donors (Lipinski definition) is 0. The van der Waals surface area contributed by atoms with Crippen molar-refractivity contribution in [1.82, 2.24) is 8.80 Å². The maximum atomic E-state index is 2.66. The number of nitrogens with zero attached hydrogens (tertiary/aromatic N) is 4. The Labute approximate surface area is 508 Å². The molecular weight excluding hydrogens is 1080 g/mol. The molecule has 6 aromatic heterocycles. The molecule has 0 saturated heterocycles. The van der Waals surface area contributed by atoms with Crippen molar-refractivity contribution in [3.05, 3.63) is 251 Å². The van der Waals surface area contributed by atoms with Crippen molar-refractivity contribution in [1.29, 1.82) is 0 Å². The summed E-state index contributed by atoms with van der Waals surface area (Å²) < 4.78 is 7.86. The highest BCUT2D eigenvalue weighted by atomic mass is 32.1. The van der Waals surface area contributed by atoms with Gasteiger partial charge in [-0.25, -0.2) is 0 Å². The van der Waals surface area contributed by atoms with Gasteiger partial charge in [-0.15, -0.1) is 22.7 Å². The maximum Gasteiger partial charge on any atom is 0.0641 e. The van der Waals surface area contributed by atoms with Gasteiger partial charge in [-0.3, -0.25) is 0 Å². The molecule has 0 unspecified atom stereocenters. The van der Waals surface area contributed by atoms with Crippen LogP contribution in [0.3, 0.4) is 0 Å². The molecule has 0 radical (unpaired) electrons. The van der Waals surface area contributed by atoms with Gasteiger partial charge in [-0.05, 0) is 153 Å². The van der Waals surface area contributed by atoms with Gasteiger partial charge in [0.15, 0.2) is 0 Å². The van der Waals surface area contributed by atoms with Gasteiger partial charge in [0.2, 0.25) is 0 Å². The molecule has 11 aromatic carbocycles. The molecule has 0 fully saturated rings. The number of para-hydroxylation sites is 2. The Morgan fingerprint density at radius 2 is 0.744 bits per heavy atom. The Kier molecular flexibility index (Phi) is 11.0. The van der Waals surface area contributed by atoms with Crippen molar-refractivity contribution >= 4 is 153 Å². The van der Waals surface area contributed by atoms with Crippen molar-refractivity contribution in [3.63, 3.8) is 0 Å². The number of thiophene rings is 2. The van der Waals surface area contributed by atoms with Gasteiger partial charge in [0.1, 0.15) is 0 Å². The summed E-state index contributed by atoms with van der Waals surface area (Å²) in [5, 5.41) is 17.0. The van der Waals surface area contributed by atoms with E-state index in [9.17, 15) is 0 Å². The summed E-state index contributed by atoms with van der Waals surface area (Å²) in [7, 11) is 0. The molecule has 0 bridgehead atoms. The average molecular weight is 1140 g/mol. The second-order valence-electron chi connectivity index (χ2n) is 25.9. The van der Waals surface area contributed by atoms with Crippen LogP contribution < -0.4 is 9.80 Å². The zero-order valence-electron chi connectivity index (χ0n) is 49.5. The Hall–Kier alpha value is -9.46. The van der Waals surface area contributed by atoms with E-state index in [1.165, 1.54) is 141 Å². The number of fused-ring (bicyclic) bond motifs is 14. The van der Waals surface area contributed by atoms with Crippen molar-refractivity contribution < 1.29 is 0 Å². The van der Waals surface area contributed by atoms with Gasteiger partial charge in [0.25, 0.3) is 0 Å². The third-order valence-electron chi connectivity index (χ3n) is 18.5. The fraction of sp³-hybridized carbons (Fsp3) is 0.125. The second-order valence-corrected chi connectivity index (χ2v) is 27.8. The van der Waals surface area contributed by atoms with Crippen LogP contribution in [0, 0.1) is 13.8 Å². The van der Waals surface area contributed by atoms with Crippen LogP contribution in [-0.2, 0) is 10.8 Å². The van der Waals surface area contributed by atoms with Crippen molar-refractivity contribution in [3.8, 4) is 22.3 Å². The summed E-state index contributed by atoms with van der Waals surface area (Å²) in [6.45, 7) is 18.6. The summed E-state index contributed by atoms with van der Waals surface area (Å²) >= 11 is 3.61. The van der Waals surface area contributed by atoms with Crippen LogP contribution in [0.1, 0.15) is 63.8 Å². The minimum atomic E-state index is -0.158. The molecule has 6 heteroatoms. The van der Waals surface area contributed by atoms with Crippen LogP contribution in [0.15, 0.2) is 229 Å². The van der Waals surface area contributed by atoms with Gasteiger partial charge in [-0.1, -0.05) is 186 Å². The summed E-state index contributed by atoms with van der Waals surface area (Å²) in [6, 6.07) is 83.3. The maximum absolute atomic E-state index is 2.66. The Morgan fingerprint density at radius 3 is 1.14 bits per heavy atom. The first-order valence-corrected chi connectivity index (χ1v) is 31.8. The lowest BCUT2D eigenvalue weighted by Gasteiger charge is -2.29. The second kappa shape index (κ2) is 18.5. The first kappa shape index (κ1) is 51.0. The SMILES string of the molecule is Cc1ccc(N(c2cc3sccc3cc2-c2ccccc2)c2ccc3c4cc5c(cc4n4c6c(C(C)(C)C)cccc6c2c34)c2ccc(N(c3ccc(C)cc3)c3cc4sccc4cc3-c3ccccc3)c3c4cccc(C(C)(C)C)c4n5c23)cc1. The van der Waals surface area contributed by atoms with Crippen LogP contribution in [0.4, 0.5) is 34.1 Å². The minimum Gasteiger partial charge on any atom is -0.309 e. The first-order valence-electron chi connectivity index (χ1n) is 30.0. The zero-order valence-corrected chi connectivity index (χ0v) is 51.2. The molecule has 0 amide bonds. The van der Waals surface area contributed by atoms with Crippen LogP contribution in [0.2, 0.25) is 0 Å². The van der Waals surface area contributed by atoms with Crippen molar-refractivity contribution in [2.24, 2.45) is 0 Å².